The molecule has 0 spiro atoms. The molecule has 0 amide bonds. The Balaban J connectivity index is 2.27. The Labute approximate surface area is 128 Å². The minimum atomic E-state index is -0.575. The molecule has 1 aromatic carbocycles. The molecular weight excluding hydrogens is 294 g/mol. The SMILES string of the molecule is CCCNC(Cc1ccncc1Cl)c1cc(F)cc(F)c1. The largest absolute Gasteiger partial charge is 0.310 e. The molecule has 0 aliphatic rings. The fourth-order valence-electron chi connectivity index (χ4n) is 2.19. The molecule has 112 valence electrons. The van der Waals surface area contributed by atoms with Crippen molar-refractivity contribution < 1.29 is 8.78 Å². The predicted octanol–water partition coefficient (Wildman–Crippen LogP) is 4.30. The Hall–Kier alpha value is -1.52. The molecule has 0 bridgehead atoms. The van der Waals surface area contributed by atoms with Crippen molar-refractivity contribution >= 4 is 11.6 Å². The molecule has 0 aliphatic carbocycles. The van der Waals surface area contributed by atoms with Crippen molar-refractivity contribution in [3.8, 4) is 0 Å². The average molecular weight is 311 g/mol. The first kappa shape index (κ1) is 15.9. The first-order chi connectivity index (χ1) is 10.1. The zero-order valence-electron chi connectivity index (χ0n) is 11.7. The Morgan fingerprint density at radius 2 is 1.95 bits per heavy atom. The molecule has 2 aromatic rings. The maximum Gasteiger partial charge on any atom is 0.126 e. The van der Waals surface area contributed by atoms with Crippen LogP contribution in [0.15, 0.2) is 36.7 Å². The van der Waals surface area contributed by atoms with Gasteiger partial charge in [-0.1, -0.05) is 18.5 Å². The standard InChI is InChI=1S/C16H17ClF2N2/c1-2-4-21-16(8-11-3-5-20-10-15(11)17)12-6-13(18)9-14(19)7-12/h3,5-7,9-10,16,21H,2,4,8H2,1H3. The number of benzene rings is 1. The third kappa shape index (κ3) is 4.48. The quantitative estimate of drug-likeness (QED) is 0.860. The summed E-state index contributed by atoms with van der Waals surface area (Å²) in [5, 5.41) is 3.86. The van der Waals surface area contributed by atoms with Gasteiger partial charge in [-0.3, -0.25) is 4.98 Å². The highest BCUT2D eigenvalue weighted by atomic mass is 35.5. The Morgan fingerprint density at radius 1 is 1.24 bits per heavy atom. The van der Waals surface area contributed by atoms with Gasteiger partial charge in [0.1, 0.15) is 11.6 Å². The minimum Gasteiger partial charge on any atom is -0.310 e. The fourth-order valence-corrected chi connectivity index (χ4v) is 2.39. The highest BCUT2D eigenvalue weighted by Gasteiger charge is 2.15. The van der Waals surface area contributed by atoms with Crippen LogP contribution in [0.2, 0.25) is 5.02 Å². The van der Waals surface area contributed by atoms with Crippen molar-refractivity contribution in [1.29, 1.82) is 0 Å². The lowest BCUT2D eigenvalue weighted by atomic mass is 9.99. The Morgan fingerprint density at radius 3 is 2.57 bits per heavy atom. The van der Waals surface area contributed by atoms with Crippen LogP contribution in [0.25, 0.3) is 0 Å². The molecule has 0 saturated carbocycles. The number of hydrogen-bond acceptors (Lipinski definition) is 2. The second kappa shape index (κ2) is 7.48. The van der Waals surface area contributed by atoms with Crippen molar-refractivity contribution in [2.24, 2.45) is 0 Å². The normalized spacial score (nSPS) is 12.4. The number of halogens is 3. The average Bonchev–Trinajstić information content (AvgIpc) is 2.44. The smallest absolute Gasteiger partial charge is 0.126 e. The summed E-state index contributed by atoms with van der Waals surface area (Å²) in [5.41, 5.74) is 1.47. The number of rotatable bonds is 6. The molecule has 2 rings (SSSR count). The van der Waals surface area contributed by atoms with Crippen LogP contribution in [0.4, 0.5) is 8.78 Å². The summed E-state index contributed by atoms with van der Waals surface area (Å²) in [7, 11) is 0. The van der Waals surface area contributed by atoms with E-state index >= 15 is 0 Å². The van der Waals surface area contributed by atoms with Gasteiger partial charge in [-0.15, -0.1) is 0 Å². The molecule has 0 fully saturated rings. The molecule has 1 unspecified atom stereocenters. The van der Waals surface area contributed by atoms with Crippen molar-refractivity contribution in [3.05, 3.63) is 64.4 Å². The summed E-state index contributed by atoms with van der Waals surface area (Å²) in [5.74, 6) is -1.15. The number of hydrogen-bond donors (Lipinski definition) is 1. The van der Waals surface area contributed by atoms with E-state index in [1.54, 1.807) is 12.4 Å². The molecular formula is C16H17ClF2N2. The summed E-state index contributed by atoms with van der Waals surface area (Å²) in [6.07, 6.45) is 4.70. The highest BCUT2D eigenvalue weighted by Crippen LogP contribution is 2.24. The van der Waals surface area contributed by atoms with E-state index in [9.17, 15) is 8.78 Å². The zero-order chi connectivity index (χ0) is 15.2. The molecule has 1 heterocycles. The second-order valence-electron chi connectivity index (χ2n) is 4.88. The lowest BCUT2D eigenvalue weighted by molar-refractivity contribution is 0.515. The molecule has 0 saturated heterocycles. The van der Waals surface area contributed by atoms with Gasteiger partial charge in [0.15, 0.2) is 0 Å². The van der Waals surface area contributed by atoms with Crippen molar-refractivity contribution in [3.63, 3.8) is 0 Å². The molecule has 0 radical (unpaired) electrons. The van der Waals surface area contributed by atoms with Crippen LogP contribution >= 0.6 is 11.6 Å². The van der Waals surface area contributed by atoms with Crippen LogP contribution in [0, 0.1) is 11.6 Å². The van der Waals surface area contributed by atoms with Crippen molar-refractivity contribution in [2.75, 3.05) is 6.54 Å². The van der Waals surface area contributed by atoms with Crippen LogP contribution in [0.5, 0.6) is 0 Å². The van der Waals surface area contributed by atoms with Crippen LogP contribution in [-0.2, 0) is 6.42 Å². The van der Waals surface area contributed by atoms with Crippen LogP contribution in [0.3, 0.4) is 0 Å². The van der Waals surface area contributed by atoms with Crippen molar-refractivity contribution in [2.45, 2.75) is 25.8 Å². The maximum atomic E-state index is 13.4. The molecule has 0 aliphatic heterocycles. The number of pyridine rings is 1. The molecule has 1 N–H and O–H groups in total. The number of aromatic nitrogens is 1. The summed E-state index contributed by atoms with van der Waals surface area (Å²) < 4.78 is 26.8. The highest BCUT2D eigenvalue weighted by molar-refractivity contribution is 6.31. The van der Waals surface area contributed by atoms with Gasteiger partial charge in [-0.05, 0) is 48.7 Å². The predicted molar refractivity (Wildman–Crippen MR) is 80.3 cm³/mol. The molecule has 1 atom stereocenters. The Kier molecular flexibility index (Phi) is 5.65. The van der Waals surface area contributed by atoms with E-state index in [1.807, 2.05) is 13.0 Å². The van der Waals surface area contributed by atoms with E-state index in [4.69, 9.17) is 11.6 Å². The van der Waals surface area contributed by atoms with E-state index in [-0.39, 0.29) is 6.04 Å². The molecule has 2 nitrogen and oxygen atoms in total. The summed E-state index contributed by atoms with van der Waals surface area (Å²) >= 11 is 6.11. The Bertz CT molecular complexity index is 584. The summed E-state index contributed by atoms with van der Waals surface area (Å²) in [6.45, 7) is 2.79. The van der Waals surface area contributed by atoms with Crippen LogP contribution < -0.4 is 5.32 Å². The maximum absolute atomic E-state index is 13.4. The fraction of sp³-hybridized carbons (Fsp3) is 0.312. The molecule has 5 heteroatoms. The van der Waals surface area contributed by atoms with Gasteiger partial charge in [0, 0.05) is 24.5 Å². The van der Waals surface area contributed by atoms with Crippen molar-refractivity contribution in [1.82, 2.24) is 10.3 Å². The van der Waals surface area contributed by atoms with E-state index < -0.39 is 11.6 Å². The van der Waals surface area contributed by atoms with Crippen LogP contribution in [-0.4, -0.2) is 11.5 Å². The third-order valence-corrected chi connectivity index (χ3v) is 3.55. The van der Waals surface area contributed by atoms with Gasteiger partial charge in [0.2, 0.25) is 0 Å². The lowest BCUT2D eigenvalue weighted by Gasteiger charge is -2.20. The number of nitrogens with zero attached hydrogens (tertiary/aromatic N) is 1. The van der Waals surface area contributed by atoms with E-state index in [0.29, 0.717) is 17.0 Å². The van der Waals surface area contributed by atoms with Gasteiger partial charge >= 0.3 is 0 Å². The zero-order valence-corrected chi connectivity index (χ0v) is 12.5. The van der Waals surface area contributed by atoms with Gasteiger partial charge < -0.3 is 5.32 Å². The molecule has 21 heavy (non-hydrogen) atoms. The minimum absolute atomic E-state index is 0.199. The lowest BCUT2D eigenvalue weighted by Crippen LogP contribution is -2.24. The van der Waals surface area contributed by atoms with E-state index in [0.717, 1.165) is 24.6 Å². The summed E-state index contributed by atoms with van der Waals surface area (Å²) in [4.78, 5) is 3.94. The number of nitrogens with one attached hydrogen (secondary N) is 1. The van der Waals surface area contributed by atoms with Gasteiger partial charge in [-0.2, -0.15) is 0 Å². The molecule has 1 aromatic heterocycles. The van der Waals surface area contributed by atoms with Gasteiger partial charge in [-0.25, -0.2) is 8.78 Å². The van der Waals surface area contributed by atoms with Gasteiger partial charge in [0.05, 0.1) is 5.02 Å². The third-order valence-electron chi connectivity index (χ3n) is 3.21. The first-order valence-corrected chi connectivity index (χ1v) is 7.25. The first-order valence-electron chi connectivity index (χ1n) is 6.88. The topological polar surface area (TPSA) is 24.9 Å². The van der Waals surface area contributed by atoms with Crippen LogP contribution in [0.1, 0.15) is 30.5 Å². The van der Waals surface area contributed by atoms with E-state index in [2.05, 4.69) is 10.3 Å². The van der Waals surface area contributed by atoms with Gasteiger partial charge in [0.25, 0.3) is 0 Å². The summed E-state index contributed by atoms with van der Waals surface area (Å²) in [6, 6.07) is 5.20. The monoisotopic (exact) mass is 310 g/mol. The van der Waals surface area contributed by atoms with E-state index in [1.165, 1.54) is 12.1 Å². The second-order valence-corrected chi connectivity index (χ2v) is 5.29.